The van der Waals surface area contributed by atoms with Gasteiger partial charge in [0.2, 0.25) is 0 Å². The van der Waals surface area contributed by atoms with Crippen molar-refractivity contribution < 1.29 is 28.8 Å². The third-order valence-electron chi connectivity index (χ3n) is 9.38. The SMILES string of the molecule is CC1(C)OB(N(c2ccccc2)[c-]2c3ccccc3c3ccccc32)OC1(C)C.CC[PH+](CC)CC.CC[PH+](CC)CC.[Rh]. The molecule has 0 atom stereocenters. The minimum absolute atomic E-state index is 0. The average Bonchev–Trinajstić information content (AvgIpc) is 3.45. The van der Waals surface area contributed by atoms with E-state index in [9.17, 15) is 0 Å². The summed E-state index contributed by atoms with van der Waals surface area (Å²) < 4.78 is 13.0. The van der Waals surface area contributed by atoms with Crippen molar-refractivity contribution in [2.75, 3.05) is 41.8 Å². The number of benzene rings is 3. The van der Waals surface area contributed by atoms with Crippen LogP contribution in [0.1, 0.15) is 69.2 Å². The summed E-state index contributed by atoms with van der Waals surface area (Å²) >= 11 is 0. The largest absolute Gasteiger partial charge is 0.586 e. The normalized spacial score (nSPS) is 15.0. The van der Waals surface area contributed by atoms with E-state index in [4.69, 9.17) is 9.31 Å². The maximum absolute atomic E-state index is 6.51. The molecule has 0 unspecified atom stereocenters. The van der Waals surface area contributed by atoms with Gasteiger partial charge >= 0.3 is 7.25 Å². The fraction of sp³-hybridized carbons (Fsp3) is 0.486. The average molecular weight is 724 g/mol. The van der Waals surface area contributed by atoms with Crippen LogP contribution in [0.4, 0.5) is 11.4 Å². The maximum atomic E-state index is 6.51. The first-order chi connectivity index (χ1) is 20.6. The van der Waals surface area contributed by atoms with Crippen molar-refractivity contribution in [1.29, 1.82) is 0 Å². The topological polar surface area (TPSA) is 21.7 Å². The summed E-state index contributed by atoms with van der Waals surface area (Å²) in [6.45, 7) is 22.2. The Kier molecular flexibility index (Phi) is 16.1. The number of nitrogens with zero attached hydrogens (tertiary/aromatic N) is 1. The molecule has 7 heteroatoms. The van der Waals surface area contributed by atoms with Crippen molar-refractivity contribution in [1.82, 2.24) is 0 Å². The van der Waals surface area contributed by atoms with E-state index >= 15 is 0 Å². The van der Waals surface area contributed by atoms with Crippen molar-refractivity contribution in [3.05, 3.63) is 78.9 Å². The van der Waals surface area contributed by atoms with Crippen molar-refractivity contribution in [2.45, 2.75) is 80.4 Å². The van der Waals surface area contributed by atoms with E-state index in [1.807, 2.05) is 6.07 Å². The molecule has 0 N–H and O–H groups in total. The molecule has 0 spiro atoms. The molecule has 4 aromatic carbocycles. The van der Waals surface area contributed by atoms with Gasteiger partial charge in [-0.05, 0) is 96.5 Å². The second-order valence-electron chi connectivity index (χ2n) is 12.3. The zero-order chi connectivity index (χ0) is 31.6. The summed E-state index contributed by atoms with van der Waals surface area (Å²) in [7, 11) is -0.242. The van der Waals surface area contributed by atoms with Crippen LogP contribution in [0.25, 0.3) is 21.5 Å². The summed E-state index contributed by atoms with van der Waals surface area (Å²) in [5.41, 5.74) is 1.35. The molecular formula is C37H57BNO2P2Rh+. The van der Waals surface area contributed by atoms with Crippen LogP contribution in [0.2, 0.25) is 0 Å². The van der Waals surface area contributed by atoms with E-state index in [2.05, 4.69) is 147 Å². The Morgan fingerprint density at radius 3 is 1.25 bits per heavy atom. The molecule has 243 valence electrons. The monoisotopic (exact) mass is 723 g/mol. The van der Waals surface area contributed by atoms with Gasteiger partial charge in [-0.2, -0.15) is 0 Å². The van der Waals surface area contributed by atoms with Crippen LogP contribution in [0.15, 0.2) is 78.9 Å². The minimum Gasteiger partial charge on any atom is -0.388 e. The van der Waals surface area contributed by atoms with E-state index in [1.165, 1.54) is 58.5 Å². The van der Waals surface area contributed by atoms with Gasteiger partial charge in [0.1, 0.15) is 0 Å². The summed E-state index contributed by atoms with van der Waals surface area (Å²) in [5.74, 6) is 0. The Labute approximate surface area is 284 Å². The molecule has 1 aliphatic heterocycles. The predicted octanol–water partition coefficient (Wildman–Crippen LogP) is 11.0. The molecule has 0 amide bonds. The van der Waals surface area contributed by atoms with Crippen LogP contribution in [0, 0.1) is 0 Å². The second-order valence-corrected chi connectivity index (χ2v) is 19.6. The molecule has 0 bridgehead atoms. The van der Waals surface area contributed by atoms with Crippen LogP contribution in [0.3, 0.4) is 0 Å². The Morgan fingerprint density at radius 1 is 0.568 bits per heavy atom. The Morgan fingerprint density at radius 2 is 0.909 bits per heavy atom. The molecule has 1 fully saturated rings. The Balaban J connectivity index is 0.000000379. The molecule has 3 nitrogen and oxygen atoms in total. The van der Waals surface area contributed by atoms with Crippen LogP contribution in [0.5, 0.6) is 0 Å². The van der Waals surface area contributed by atoms with Crippen LogP contribution < -0.4 is 4.81 Å². The number of anilines is 2. The predicted molar refractivity (Wildman–Crippen MR) is 202 cm³/mol. The van der Waals surface area contributed by atoms with Gasteiger partial charge in [-0.25, -0.2) is 0 Å². The van der Waals surface area contributed by atoms with E-state index < -0.39 is 18.5 Å². The number of hydrogen-bond donors (Lipinski definition) is 0. The van der Waals surface area contributed by atoms with Gasteiger partial charge in [-0.15, -0.1) is 12.1 Å². The molecule has 1 heterocycles. The Hall–Kier alpha value is -1.20. The molecule has 4 aromatic rings. The Bertz CT molecular complexity index is 1290. The zero-order valence-electron chi connectivity index (χ0n) is 28.9. The first-order valence-corrected chi connectivity index (χ1v) is 20.8. The van der Waals surface area contributed by atoms with E-state index in [1.54, 1.807) is 0 Å². The first-order valence-electron chi connectivity index (χ1n) is 16.5. The van der Waals surface area contributed by atoms with Crippen molar-refractivity contribution >= 4 is 56.0 Å². The van der Waals surface area contributed by atoms with E-state index in [-0.39, 0.29) is 35.3 Å². The van der Waals surface area contributed by atoms with Crippen molar-refractivity contribution in [3.63, 3.8) is 0 Å². The standard InChI is InChI=1S/C25H25BNO2.2C6H15P.Rh/c1-24(2)25(3,4)29-26(28-24)27(18-12-6-5-7-13-18)23-21-16-10-8-14-19(21)20-15-9-11-17-22(20)23;2*1-4-7(5-2)6-3;/h5-17H,1-4H3;2*4-6H2,1-3H3;/q-1;;;/p+2. The van der Waals surface area contributed by atoms with Gasteiger partial charge in [-0.1, -0.05) is 88.3 Å². The van der Waals surface area contributed by atoms with Gasteiger partial charge in [0.05, 0.1) is 48.2 Å². The molecular weight excluding hydrogens is 666 g/mol. The molecule has 44 heavy (non-hydrogen) atoms. The maximum Gasteiger partial charge on any atom is 0.586 e. The molecule has 0 aliphatic carbocycles. The summed E-state index contributed by atoms with van der Waals surface area (Å²) in [4.78, 5) is 2.21. The number of hydrogen-bond acceptors (Lipinski definition) is 3. The molecule has 0 aromatic heterocycles. The zero-order valence-corrected chi connectivity index (χ0v) is 32.6. The molecule has 1 saturated heterocycles. The summed E-state index contributed by atoms with van der Waals surface area (Å²) in [6, 6.07) is 27.5. The van der Waals surface area contributed by atoms with E-state index in [0.717, 1.165) is 11.4 Å². The number of para-hydroxylation sites is 1. The third kappa shape index (κ3) is 9.20. The minimum atomic E-state index is -0.517. The molecule has 1 aliphatic rings. The summed E-state index contributed by atoms with van der Waals surface area (Å²) in [6.07, 6.45) is 8.74. The quantitative estimate of drug-likeness (QED) is 0.0975. The van der Waals surface area contributed by atoms with Crippen LogP contribution in [-0.4, -0.2) is 55.4 Å². The molecule has 5 rings (SSSR count). The fourth-order valence-electron chi connectivity index (χ4n) is 5.62. The van der Waals surface area contributed by atoms with Crippen molar-refractivity contribution in [2.24, 2.45) is 0 Å². The number of fused-ring (bicyclic) bond motifs is 3. The second kappa shape index (κ2) is 18.2. The molecule has 0 saturated carbocycles. The van der Waals surface area contributed by atoms with E-state index in [0.29, 0.717) is 0 Å². The van der Waals surface area contributed by atoms with Gasteiger partial charge in [0.15, 0.2) is 0 Å². The van der Waals surface area contributed by atoms with Crippen LogP contribution >= 0.6 is 15.8 Å². The van der Waals surface area contributed by atoms with Crippen LogP contribution in [-0.2, 0) is 28.8 Å². The van der Waals surface area contributed by atoms with Gasteiger partial charge in [0.25, 0.3) is 0 Å². The molecule has 1 radical (unpaired) electrons. The smallest absolute Gasteiger partial charge is 0.388 e. The third-order valence-corrected chi connectivity index (χ3v) is 15.4. The number of rotatable bonds is 9. The fourth-order valence-corrected chi connectivity index (χ4v) is 8.62. The van der Waals surface area contributed by atoms with Gasteiger partial charge < -0.3 is 14.1 Å². The van der Waals surface area contributed by atoms with Gasteiger partial charge in [-0.3, -0.25) is 0 Å². The van der Waals surface area contributed by atoms with Crippen molar-refractivity contribution in [3.8, 4) is 0 Å². The summed E-state index contributed by atoms with van der Waals surface area (Å²) in [5, 5.41) is 4.89. The first kappa shape index (κ1) is 39.0. The van der Waals surface area contributed by atoms with Gasteiger partial charge in [0, 0.05) is 19.5 Å².